The molecule has 2 N–H and O–H groups in total. The fraction of sp³-hybridized carbons (Fsp3) is 0. The first-order chi connectivity index (χ1) is 6.66. The summed E-state index contributed by atoms with van der Waals surface area (Å²) in [4.78, 5) is 0. The molecule has 0 spiro atoms. The Labute approximate surface area is 91.0 Å². The van der Waals surface area contributed by atoms with E-state index in [0.717, 1.165) is 5.69 Å². The second-order valence-electron chi connectivity index (χ2n) is 2.81. The summed E-state index contributed by atoms with van der Waals surface area (Å²) in [6, 6.07) is 5.20. The number of nitrogens with zero attached hydrogens (tertiary/aromatic N) is 2. The Hall–Kier alpha value is -1.19. The van der Waals surface area contributed by atoms with E-state index >= 15 is 0 Å². The maximum Gasteiger partial charge on any atom is 0.0833 e. The fourth-order valence-electron chi connectivity index (χ4n) is 1.14. The molecule has 2 rings (SSSR count). The van der Waals surface area contributed by atoms with Crippen LogP contribution in [0.15, 0.2) is 30.6 Å². The number of hydrogen-bond donors (Lipinski definition) is 1. The van der Waals surface area contributed by atoms with Crippen LogP contribution in [0.2, 0.25) is 10.0 Å². The van der Waals surface area contributed by atoms with Crippen molar-refractivity contribution in [2.75, 3.05) is 5.73 Å². The highest BCUT2D eigenvalue weighted by molar-refractivity contribution is 6.35. The van der Waals surface area contributed by atoms with Crippen LogP contribution in [0.1, 0.15) is 0 Å². The summed E-state index contributed by atoms with van der Waals surface area (Å²) in [7, 11) is 0. The summed E-state index contributed by atoms with van der Waals surface area (Å²) < 4.78 is 1.61. The van der Waals surface area contributed by atoms with Crippen molar-refractivity contribution >= 4 is 28.9 Å². The molecule has 0 saturated heterocycles. The topological polar surface area (TPSA) is 43.8 Å². The fourth-order valence-corrected chi connectivity index (χ4v) is 1.63. The predicted octanol–water partition coefficient (Wildman–Crippen LogP) is 2.76. The number of nitrogens with two attached hydrogens (primary N) is 1. The number of hydrogen-bond acceptors (Lipinski definition) is 2. The van der Waals surface area contributed by atoms with E-state index in [0.29, 0.717) is 15.7 Å². The third kappa shape index (κ3) is 1.69. The molecule has 0 aliphatic carbocycles. The van der Waals surface area contributed by atoms with Crippen molar-refractivity contribution in [1.82, 2.24) is 9.78 Å². The number of aromatic nitrogens is 2. The third-order valence-electron chi connectivity index (χ3n) is 1.76. The minimum Gasteiger partial charge on any atom is -0.396 e. The van der Waals surface area contributed by atoms with E-state index in [9.17, 15) is 0 Å². The SMILES string of the molecule is Nc1cnn(-c2ccc(Cl)cc2Cl)c1. The lowest BCUT2D eigenvalue weighted by molar-refractivity contribution is 0.881. The van der Waals surface area contributed by atoms with Crippen LogP contribution < -0.4 is 5.73 Å². The molecule has 0 fully saturated rings. The van der Waals surface area contributed by atoms with Gasteiger partial charge in [-0.3, -0.25) is 0 Å². The van der Waals surface area contributed by atoms with E-state index in [1.807, 2.05) is 0 Å². The average Bonchev–Trinajstić information content (AvgIpc) is 2.51. The highest BCUT2D eigenvalue weighted by Gasteiger charge is 2.04. The summed E-state index contributed by atoms with van der Waals surface area (Å²) in [5, 5.41) is 5.18. The average molecular weight is 228 g/mol. The van der Waals surface area contributed by atoms with Gasteiger partial charge in [0.1, 0.15) is 0 Å². The van der Waals surface area contributed by atoms with Gasteiger partial charge in [-0.15, -0.1) is 0 Å². The summed E-state index contributed by atoms with van der Waals surface area (Å²) in [5.74, 6) is 0. The molecule has 1 aromatic carbocycles. The molecule has 0 saturated carbocycles. The van der Waals surface area contributed by atoms with Gasteiger partial charge in [-0.1, -0.05) is 23.2 Å². The Bertz CT molecular complexity index is 465. The lowest BCUT2D eigenvalue weighted by Crippen LogP contribution is -1.94. The van der Waals surface area contributed by atoms with Crippen LogP contribution in [0.4, 0.5) is 5.69 Å². The van der Waals surface area contributed by atoms with Gasteiger partial charge in [0.25, 0.3) is 0 Å². The Kier molecular flexibility index (Phi) is 2.35. The molecule has 0 amide bonds. The first kappa shape index (κ1) is 9.37. The van der Waals surface area contributed by atoms with Gasteiger partial charge >= 0.3 is 0 Å². The summed E-state index contributed by atoms with van der Waals surface area (Å²) in [6.07, 6.45) is 3.25. The standard InChI is InChI=1S/C9H7Cl2N3/c10-6-1-2-9(8(11)3-6)14-5-7(12)4-13-14/h1-5H,12H2. The predicted molar refractivity (Wildman–Crippen MR) is 58.0 cm³/mol. The number of anilines is 1. The monoisotopic (exact) mass is 227 g/mol. The van der Waals surface area contributed by atoms with E-state index in [4.69, 9.17) is 28.9 Å². The molecular formula is C9H7Cl2N3. The molecular weight excluding hydrogens is 221 g/mol. The van der Waals surface area contributed by atoms with Crippen LogP contribution in [0.3, 0.4) is 0 Å². The molecule has 3 nitrogen and oxygen atoms in total. The molecule has 1 heterocycles. The first-order valence-electron chi connectivity index (χ1n) is 3.92. The first-order valence-corrected chi connectivity index (χ1v) is 4.68. The van der Waals surface area contributed by atoms with Crippen molar-refractivity contribution in [3.8, 4) is 5.69 Å². The van der Waals surface area contributed by atoms with Crippen LogP contribution in [0.5, 0.6) is 0 Å². The minimum absolute atomic E-state index is 0.542. The number of benzene rings is 1. The van der Waals surface area contributed by atoms with Crippen LogP contribution >= 0.6 is 23.2 Å². The number of nitrogen functional groups attached to an aromatic ring is 1. The van der Waals surface area contributed by atoms with Gasteiger partial charge in [0.2, 0.25) is 0 Å². The largest absolute Gasteiger partial charge is 0.396 e. The van der Waals surface area contributed by atoms with Crippen molar-refractivity contribution in [3.63, 3.8) is 0 Å². The van der Waals surface area contributed by atoms with Gasteiger partial charge in [-0.05, 0) is 18.2 Å². The summed E-state index contributed by atoms with van der Waals surface area (Å²) in [5.41, 5.74) is 6.89. The summed E-state index contributed by atoms with van der Waals surface area (Å²) in [6.45, 7) is 0. The molecule has 0 aliphatic rings. The molecule has 14 heavy (non-hydrogen) atoms. The zero-order valence-corrected chi connectivity index (χ0v) is 8.63. The van der Waals surface area contributed by atoms with Crippen molar-refractivity contribution in [2.45, 2.75) is 0 Å². The second-order valence-corrected chi connectivity index (χ2v) is 3.66. The Morgan fingerprint density at radius 1 is 1.29 bits per heavy atom. The molecule has 0 aliphatic heterocycles. The van der Waals surface area contributed by atoms with Gasteiger partial charge in [0.15, 0.2) is 0 Å². The Morgan fingerprint density at radius 2 is 2.07 bits per heavy atom. The zero-order valence-electron chi connectivity index (χ0n) is 7.11. The van der Waals surface area contributed by atoms with Crippen molar-refractivity contribution in [1.29, 1.82) is 0 Å². The van der Waals surface area contributed by atoms with E-state index in [1.165, 1.54) is 0 Å². The Morgan fingerprint density at radius 3 is 2.64 bits per heavy atom. The molecule has 1 aromatic heterocycles. The highest BCUT2D eigenvalue weighted by Crippen LogP contribution is 2.24. The van der Waals surface area contributed by atoms with E-state index in [-0.39, 0.29) is 0 Å². The van der Waals surface area contributed by atoms with E-state index in [2.05, 4.69) is 5.10 Å². The molecule has 0 bridgehead atoms. The van der Waals surface area contributed by atoms with Gasteiger partial charge in [-0.25, -0.2) is 4.68 Å². The molecule has 0 radical (unpaired) electrons. The van der Waals surface area contributed by atoms with E-state index in [1.54, 1.807) is 35.3 Å². The highest BCUT2D eigenvalue weighted by atomic mass is 35.5. The molecule has 0 atom stereocenters. The van der Waals surface area contributed by atoms with Gasteiger partial charge in [0.05, 0.1) is 28.8 Å². The van der Waals surface area contributed by atoms with Gasteiger partial charge in [-0.2, -0.15) is 5.10 Å². The van der Waals surface area contributed by atoms with Crippen molar-refractivity contribution in [3.05, 3.63) is 40.6 Å². The maximum atomic E-state index is 5.99. The molecule has 5 heteroatoms. The maximum absolute atomic E-state index is 5.99. The van der Waals surface area contributed by atoms with E-state index < -0.39 is 0 Å². The van der Waals surface area contributed by atoms with Crippen molar-refractivity contribution in [2.24, 2.45) is 0 Å². The number of rotatable bonds is 1. The normalized spacial score (nSPS) is 10.4. The second kappa shape index (κ2) is 3.52. The molecule has 0 unspecified atom stereocenters. The van der Waals surface area contributed by atoms with Crippen molar-refractivity contribution < 1.29 is 0 Å². The number of halogens is 2. The smallest absolute Gasteiger partial charge is 0.0833 e. The van der Waals surface area contributed by atoms with Gasteiger partial charge < -0.3 is 5.73 Å². The quantitative estimate of drug-likeness (QED) is 0.815. The Balaban J connectivity index is 2.52. The lowest BCUT2D eigenvalue weighted by Gasteiger charge is -2.03. The van der Waals surface area contributed by atoms with Crippen LogP contribution in [-0.4, -0.2) is 9.78 Å². The van der Waals surface area contributed by atoms with Crippen LogP contribution in [0, 0.1) is 0 Å². The third-order valence-corrected chi connectivity index (χ3v) is 2.30. The molecule has 2 aromatic rings. The summed E-state index contributed by atoms with van der Waals surface area (Å²) >= 11 is 11.8. The molecule has 72 valence electrons. The zero-order chi connectivity index (χ0) is 10.1. The van der Waals surface area contributed by atoms with Crippen LogP contribution in [-0.2, 0) is 0 Å². The minimum atomic E-state index is 0.542. The van der Waals surface area contributed by atoms with Gasteiger partial charge in [0, 0.05) is 5.02 Å². The lowest BCUT2D eigenvalue weighted by atomic mass is 10.3. The van der Waals surface area contributed by atoms with Crippen LogP contribution in [0.25, 0.3) is 5.69 Å².